The molecule has 0 atom stereocenters. The van der Waals surface area contributed by atoms with E-state index in [4.69, 9.17) is 15.3 Å². The Hall–Kier alpha value is -1.75. The lowest BCUT2D eigenvalue weighted by Crippen LogP contribution is -2.38. The summed E-state index contributed by atoms with van der Waals surface area (Å²) in [6, 6.07) is 6.13. The van der Waals surface area contributed by atoms with Crippen molar-refractivity contribution in [3.05, 3.63) is 18.2 Å². The molecule has 0 unspecified atom stereocenters. The molecule has 0 saturated heterocycles. The van der Waals surface area contributed by atoms with Gasteiger partial charge in [-0.15, -0.1) is 0 Å². The zero-order valence-corrected chi connectivity index (χ0v) is 8.68. The Morgan fingerprint density at radius 2 is 2.25 bits per heavy atom. The van der Waals surface area contributed by atoms with Gasteiger partial charge in [-0.25, -0.2) is 0 Å². The van der Waals surface area contributed by atoms with Crippen molar-refractivity contribution in [2.75, 3.05) is 11.1 Å². The highest BCUT2D eigenvalue weighted by Crippen LogP contribution is 2.26. The van der Waals surface area contributed by atoms with E-state index in [0.29, 0.717) is 11.7 Å². The number of aliphatic hydroxyl groups excluding tert-OH is 1. The van der Waals surface area contributed by atoms with Crippen LogP contribution in [0.15, 0.2) is 22.6 Å². The molecular weight excluding hydrogens is 206 g/mol. The first kappa shape index (κ1) is 9.47. The Kier molecular flexibility index (Phi) is 2.00. The summed E-state index contributed by atoms with van der Waals surface area (Å²) in [5, 5.41) is 12.3. The lowest BCUT2D eigenvalue weighted by molar-refractivity contribution is 0.0829. The number of anilines is 2. The SMILES string of the molecule is Nc1ccc2oc(NC3CC(O)C3)nc2c1. The van der Waals surface area contributed by atoms with Crippen molar-refractivity contribution < 1.29 is 9.52 Å². The number of aromatic nitrogens is 1. The van der Waals surface area contributed by atoms with Crippen LogP contribution in [0.4, 0.5) is 11.7 Å². The zero-order chi connectivity index (χ0) is 11.1. The van der Waals surface area contributed by atoms with Gasteiger partial charge in [-0.3, -0.25) is 0 Å². The first-order valence-electron chi connectivity index (χ1n) is 5.31. The molecule has 0 spiro atoms. The van der Waals surface area contributed by atoms with E-state index >= 15 is 0 Å². The van der Waals surface area contributed by atoms with E-state index in [1.807, 2.05) is 0 Å². The highest BCUT2D eigenvalue weighted by Gasteiger charge is 2.28. The van der Waals surface area contributed by atoms with Crippen LogP contribution in [0.3, 0.4) is 0 Å². The van der Waals surface area contributed by atoms with Crippen molar-refractivity contribution >= 4 is 22.8 Å². The molecule has 0 bridgehead atoms. The standard InChI is InChI=1S/C11H13N3O2/c12-6-1-2-10-9(3-6)14-11(16-10)13-7-4-8(15)5-7/h1-3,7-8,15H,4-5,12H2,(H,13,14). The van der Waals surface area contributed by atoms with Crippen molar-refractivity contribution in [3.63, 3.8) is 0 Å². The van der Waals surface area contributed by atoms with Crippen LogP contribution in [0.2, 0.25) is 0 Å². The number of benzene rings is 1. The zero-order valence-electron chi connectivity index (χ0n) is 8.68. The van der Waals surface area contributed by atoms with E-state index in [1.54, 1.807) is 18.2 Å². The van der Waals surface area contributed by atoms with Crippen LogP contribution >= 0.6 is 0 Å². The molecule has 1 fully saturated rings. The van der Waals surface area contributed by atoms with Gasteiger partial charge in [0, 0.05) is 11.7 Å². The van der Waals surface area contributed by atoms with Gasteiger partial charge in [0.25, 0.3) is 6.01 Å². The minimum absolute atomic E-state index is 0.183. The first-order valence-corrected chi connectivity index (χ1v) is 5.31. The molecule has 1 aromatic carbocycles. The molecule has 5 nitrogen and oxygen atoms in total. The Balaban J connectivity index is 1.82. The maximum absolute atomic E-state index is 9.16. The molecule has 0 aliphatic heterocycles. The molecule has 2 aromatic rings. The van der Waals surface area contributed by atoms with Crippen LogP contribution in [0.5, 0.6) is 0 Å². The molecule has 1 aromatic heterocycles. The van der Waals surface area contributed by atoms with Crippen LogP contribution in [0.25, 0.3) is 11.1 Å². The summed E-state index contributed by atoms with van der Waals surface area (Å²) in [4.78, 5) is 4.28. The summed E-state index contributed by atoms with van der Waals surface area (Å²) < 4.78 is 5.51. The Labute approximate surface area is 92.3 Å². The molecule has 0 amide bonds. The van der Waals surface area contributed by atoms with Gasteiger partial charge >= 0.3 is 0 Å². The van der Waals surface area contributed by atoms with Crippen LogP contribution in [-0.4, -0.2) is 22.2 Å². The van der Waals surface area contributed by atoms with E-state index in [-0.39, 0.29) is 12.1 Å². The molecule has 1 aliphatic carbocycles. The lowest BCUT2D eigenvalue weighted by Gasteiger charge is -2.31. The van der Waals surface area contributed by atoms with Gasteiger partial charge in [0.2, 0.25) is 0 Å². The number of nitrogens with zero attached hydrogens (tertiary/aromatic N) is 1. The second-order valence-electron chi connectivity index (χ2n) is 4.21. The molecular formula is C11H13N3O2. The number of fused-ring (bicyclic) bond motifs is 1. The van der Waals surface area contributed by atoms with Crippen molar-refractivity contribution in [3.8, 4) is 0 Å². The fourth-order valence-corrected chi connectivity index (χ4v) is 1.89. The summed E-state index contributed by atoms with van der Waals surface area (Å²) in [5.74, 6) is 0. The van der Waals surface area contributed by atoms with E-state index in [2.05, 4.69) is 10.3 Å². The molecule has 3 rings (SSSR count). The summed E-state index contributed by atoms with van der Waals surface area (Å²) in [6.07, 6.45) is 1.32. The number of nitrogen functional groups attached to an aromatic ring is 1. The van der Waals surface area contributed by atoms with Gasteiger partial charge < -0.3 is 20.6 Å². The van der Waals surface area contributed by atoms with E-state index in [0.717, 1.165) is 23.9 Å². The van der Waals surface area contributed by atoms with Crippen molar-refractivity contribution in [1.29, 1.82) is 0 Å². The number of hydrogen-bond donors (Lipinski definition) is 3. The van der Waals surface area contributed by atoms with Crippen molar-refractivity contribution in [1.82, 2.24) is 4.98 Å². The highest BCUT2D eigenvalue weighted by atomic mass is 16.4. The Bertz CT molecular complexity index is 517. The number of aliphatic hydroxyl groups is 1. The molecule has 5 heteroatoms. The summed E-state index contributed by atoms with van der Waals surface area (Å²) in [7, 11) is 0. The van der Waals surface area contributed by atoms with Gasteiger partial charge in [-0.1, -0.05) is 0 Å². The molecule has 84 valence electrons. The Morgan fingerprint density at radius 3 is 3.00 bits per heavy atom. The molecule has 1 heterocycles. The third kappa shape index (κ3) is 1.59. The number of oxazole rings is 1. The number of nitrogens with two attached hydrogens (primary N) is 1. The van der Waals surface area contributed by atoms with E-state index < -0.39 is 0 Å². The van der Waals surface area contributed by atoms with Gasteiger partial charge in [-0.05, 0) is 31.0 Å². The minimum Gasteiger partial charge on any atom is -0.424 e. The first-order chi connectivity index (χ1) is 7.70. The number of rotatable bonds is 2. The topological polar surface area (TPSA) is 84.3 Å². The highest BCUT2D eigenvalue weighted by molar-refractivity contribution is 5.78. The minimum atomic E-state index is -0.183. The second kappa shape index (κ2) is 3.38. The fraction of sp³-hybridized carbons (Fsp3) is 0.364. The number of nitrogens with one attached hydrogen (secondary N) is 1. The normalized spacial score (nSPS) is 24.3. The summed E-state index contributed by atoms with van der Waals surface area (Å²) in [5.41, 5.74) is 7.80. The van der Waals surface area contributed by atoms with Gasteiger partial charge in [0.1, 0.15) is 5.52 Å². The summed E-state index contributed by atoms with van der Waals surface area (Å²) >= 11 is 0. The third-order valence-corrected chi connectivity index (χ3v) is 2.85. The average Bonchev–Trinajstić information content (AvgIpc) is 2.57. The molecule has 16 heavy (non-hydrogen) atoms. The second-order valence-corrected chi connectivity index (χ2v) is 4.21. The van der Waals surface area contributed by atoms with Crippen LogP contribution in [-0.2, 0) is 0 Å². The molecule has 4 N–H and O–H groups in total. The van der Waals surface area contributed by atoms with E-state index in [9.17, 15) is 0 Å². The van der Waals surface area contributed by atoms with E-state index in [1.165, 1.54) is 0 Å². The lowest BCUT2D eigenvalue weighted by atomic mass is 9.90. The predicted molar refractivity (Wildman–Crippen MR) is 61.1 cm³/mol. The van der Waals surface area contributed by atoms with Gasteiger partial charge in [0.05, 0.1) is 6.10 Å². The van der Waals surface area contributed by atoms with Crippen molar-refractivity contribution in [2.45, 2.75) is 25.0 Å². The maximum Gasteiger partial charge on any atom is 0.295 e. The van der Waals surface area contributed by atoms with Crippen LogP contribution in [0, 0.1) is 0 Å². The smallest absolute Gasteiger partial charge is 0.295 e. The quantitative estimate of drug-likeness (QED) is 0.664. The maximum atomic E-state index is 9.16. The molecule has 1 aliphatic rings. The average molecular weight is 219 g/mol. The largest absolute Gasteiger partial charge is 0.424 e. The van der Waals surface area contributed by atoms with Gasteiger partial charge in [-0.2, -0.15) is 4.98 Å². The molecule has 0 radical (unpaired) electrons. The van der Waals surface area contributed by atoms with Crippen LogP contribution < -0.4 is 11.1 Å². The summed E-state index contributed by atoms with van der Waals surface area (Å²) in [6.45, 7) is 0. The Morgan fingerprint density at radius 1 is 1.44 bits per heavy atom. The molecule has 1 saturated carbocycles. The van der Waals surface area contributed by atoms with Crippen molar-refractivity contribution in [2.24, 2.45) is 0 Å². The fourth-order valence-electron chi connectivity index (χ4n) is 1.89. The van der Waals surface area contributed by atoms with Gasteiger partial charge in [0.15, 0.2) is 5.58 Å². The van der Waals surface area contributed by atoms with Crippen LogP contribution in [0.1, 0.15) is 12.8 Å². The predicted octanol–water partition coefficient (Wildman–Crippen LogP) is 1.35. The number of hydrogen-bond acceptors (Lipinski definition) is 5. The monoisotopic (exact) mass is 219 g/mol. The third-order valence-electron chi connectivity index (χ3n) is 2.85.